The standard InChI is InChI=1S/C30H34ClF3N6O7S/c1-29(2)15-18(17-39(29)28(42)43)4-3-12-46-24-8-5-20(16-35-24)48(44,45)38-27(41)21-6-7-23(36-26(21)31)40-11-9-25(37-40)47-13-10-19-14-22(19)30(32,33)34/h5-9,11,16,18-19,22H,3-4,10,12-15,17H2,1-2H3,(H,38,41)(H,42,43). The zero-order valence-corrected chi connectivity index (χ0v) is 27.6. The van der Waals surface area contributed by atoms with Gasteiger partial charge in [0, 0.05) is 30.4 Å². The van der Waals surface area contributed by atoms with Crippen molar-refractivity contribution < 1.29 is 45.8 Å². The Labute approximate surface area is 279 Å². The highest BCUT2D eigenvalue weighted by Gasteiger charge is 2.55. The fourth-order valence-electron chi connectivity index (χ4n) is 5.83. The molecule has 18 heteroatoms. The van der Waals surface area contributed by atoms with Crippen LogP contribution in [0.15, 0.2) is 47.6 Å². The molecule has 1 saturated carbocycles. The zero-order chi connectivity index (χ0) is 34.9. The first-order valence-electron chi connectivity index (χ1n) is 15.1. The lowest BCUT2D eigenvalue weighted by Gasteiger charge is -2.28. The number of nitrogens with one attached hydrogen (secondary N) is 1. The molecule has 3 atom stereocenters. The SMILES string of the molecule is CC1(C)CC(CCCOc2ccc(S(=O)(=O)NC(=O)c3ccc(-n4ccc(OCCC5CC5C(F)(F)F)n4)nc3Cl)cn2)CN1C(=O)O. The topological polar surface area (TPSA) is 166 Å². The molecule has 2 fully saturated rings. The molecule has 2 N–H and O–H groups in total. The van der Waals surface area contributed by atoms with Crippen LogP contribution < -0.4 is 14.2 Å². The van der Waals surface area contributed by atoms with Crippen LogP contribution in [0.25, 0.3) is 5.82 Å². The van der Waals surface area contributed by atoms with E-state index in [0.29, 0.717) is 19.6 Å². The van der Waals surface area contributed by atoms with Crippen molar-refractivity contribution in [3.63, 3.8) is 0 Å². The third-order valence-electron chi connectivity index (χ3n) is 8.40. The number of nitrogens with zero attached hydrogens (tertiary/aromatic N) is 5. The normalized spacial score (nSPS) is 20.4. The Balaban J connectivity index is 1.09. The summed E-state index contributed by atoms with van der Waals surface area (Å²) >= 11 is 6.20. The van der Waals surface area contributed by atoms with Gasteiger partial charge in [0.25, 0.3) is 15.9 Å². The van der Waals surface area contributed by atoms with Gasteiger partial charge in [0.05, 0.1) is 30.9 Å². The lowest BCUT2D eigenvalue weighted by molar-refractivity contribution is -0.151. The predicted molar refractivity (Wildman–Crippen MR) is 165 cm³/mol. The van der Waals surface area contributed by atoms with Crippen LogP contribution in [0, 0.1) is 17.8 Å². The van der Waals surface area contributed by atoms with E-state index >= 15 is 0 Å². The summed E-state index contributed by atoms with van der Waals surface area (Å²) in [6.07, 6.45) is -0.0611. The maximum atomic E-state index is 12.9. The number of alkyl halides is 3. The Morgan fingerprint density at radius 3 is 2.48 bits per heavy atom. The van der Waals surface area contributed by atoms with Crippen molar-refractivity contribution in [3.8, 4) is 17.6 Å². The number of ether oxygens (including phenoxy) is 2. The maximum Gasteiger partial charge on any atom is 0.407 e. The van der Waals surface area contributed by atoms with E-state index in [1.165, 1.54) is 46.1 Å². The van der Waals surface area contributed by atoms with Crippen LogP contribution in [0.5, 0.6) is 11.8 Å². The maximum absolute atomic E-state index is 12.9. The summed E-state index contributed by atoms with van der Waals surface area (Å²) in [5, 5.41) is 13.2. The van der Waals surface area contributed by atoms with Crippen LogP contribution in [0.1, 0.15) is 56.3 Å². The zero-order valence-electron chi connectivity index (χ0n) is 26.0. The highest BCUT2D eigenvalue weighted by Crippen LogP contribution is 2.51. The van der Waals surface area contributed by atoms with Gasteiger partial charge in [-0.25, -0.2) is 32.6 Å². The molecule has 0 spiro atoms. The van der Waals surface area contributed by atoms with Gasteiger partial charge in [-0.1, -0.05) is 11.6 Å². The Hall–Kier alpha value is -4.12. The van der Waals surface area contributed by atoms with Crippen LogP contribution >= 0.6 is 11.6 Å². The van der Waals surface area contributed by atoms with Gasteiger partial charge in [0.1, 0.15) is 10.0 Å². The Bertz CT molecular complexity index is 1750. The Morgan fingerprint density at radius 1 is 1.10 bits per heavy atom. The van der Waals surface area contributed by atoms with Gasteiger partial charge in [-0.2, -0.15) is 13.2 Å². The van der Waals surface area contributed by atoms with Crippen molar-refractivity contribution in [2.45, 2.75) is 62.6 Å². The summed E-state index contributed by atoms with van der Waals surface area (Å²) in [6, 6.07) is 6.74. The van der Waals surface area contributed by atoms with Crippen molar-refractivity contribution in [3.05, 3.63) is 53.4 Å². The van der Waals surface area contributed by atoms with Gasteiger partial charge in [-0.3, -0.25) is 4.79 Å². The summed E-state index contributed by atoms with van der Waals surface area (Å²) in [6.45, 7) is 4.64. The largest absolute Gasteiger partial charge is 0.478 e. The number of sulfonamides is 1. The van der Waals surface area contributed by atoms with Crippen molar-refractivity contribution in [2.75, 3.05) is 19.8 Å². The van der Waals surface area contributed by atoms with Crippen molar-refractivity contribution in [2.24, 2.45) is 17.8 Å². The molecule has 48 heavy (non-hydrogen) atoms. The molecule has 5 rings (SSSR count). The summed E-state index contributed by atoms with van der Waals surface area (Å²) in [7, 11) is -4.34. The van der Waals surface area contributed by atoms with Gasteiger partial charge < -0.3 is 19.5 Å². The van der Waals surface area contributed by atoms with Gasteiger partial charge in [0.2, 0.25) is 11.8 Å². The average molecular weight is 715 g/mol. The molecule has 0 radical (unpaired) electrons. The van der Waals surface area contributed by atoms with Crippen molar-refractivity contribution >= 4 is 33.6 Å². The molecule has 260 valence electrons. The second-order valence-electron chi connectivity index (χ2n) is 12.4. The second-order valence-corrected chi connectivity index (χ2v) is 14.5. The van der Waals surface area contributed by atoms with Gasteiger partial charge in [0.15, 0.2) is 5.82 Å². The lowest BCUT2D eigenvalue weighted by atomic mass is 9.93. The molecule has 3 aromatic rings. The molecule has 4 heterocycles. The molecule has 1 aliphatic heterocycles. The first kappa shape index (κ1) is 35.2. The highest BCUT2D eigenvalue weighted by molar-refractivity contribution is 7.90. The van der Waals surface area contributed by atoms with Crippen LogP contribution in [0.2, 0.25) is 5.15 Å². The fraction of sp³-hybridized carbons (Fsp3) is 0.500. The van der Waals surface area contributed by atoms with E-state index in [0.717, 1.165) is 19.0 Å². The molecular weight excluding hydrogens is 681 g/mol. The summed E-state index contributed by atoms with van der Waals surface area (Å²) < 4.78 is 78.1. The van der Waals surface area contributed by atoms with Crippen LogP contribution in [0.4, 0.5) is 18.0 Å². The first-order valence-corrected chi connectivity index (χ1v) is 17.0. The van der Waals surface area contributed by atoms with Crippen molar-refractivity contribution in [1.82, 2.24) is 29.4 Å². The number of carboxylic acid groups (broad SMARTS) is 1. The molecule has 3 unspecified atom stereocenters. The molecular formula is C30H34ClF3N6O7S. The number of hydrogen-bond donors (Lipinski definition) is 2. The number of pyridine rings is 2. The van der Waals surface area contributed by atoms with E-state index in [1.807, 2.05) is 18.6 Å². The number of carbonyl (C=O) groups is 2. The summed E-state index contributed by atoms with van der Waals surface area (Å²) in [5.41, 5.74) is -0.640. The van der Waals surface area contributed by atoms with Crippen LogP contribution in [-0.2, 0) is 10.0 Å². The van der Waals surface area contributed by atoms with E-state index in [2.05, 4.69) is 15.1 Å². The number of hydrogen-bond acceptors (Lipinski definition) is 9. The van der Waals surface area contributed by atoms with E-state index in [9.17, 15) is 36.3 Å². The van der Waals surface area contributed by atoms with Crippen LogP contribution in [0.3, 0.4) is 0 Å². The quantitative estimate of drug-likeness (QED) is 0.174. The second kappa shape index (κ2) is 13.8. The fourth-order valence-corrected chi connectivity index (χ4v) is 6.97. The molecule has 13 nitrogen and oxygen atoms in total. The van der Waals surface area contributed by atoms with Gasteiger partial charge in [-0.05, 0) is 76.0 Å². The highest BCUT2D eigenvalue weighted by atomic mass is 35.5. The first-order chi connectivity index (χ1) is 22.5. The minimum Gasteiger partial charge on any atom is -0.478 e. The molecule has 2 aliphatic rings. The number of halogens is 4. The number of amides is 2. The summed E-state index contributed by atoms with van der Waals surface area (Å²) in [4.78, 5) is 33.5. The van der Waals surface area contributed by atoms with E-state index in [1.54, 1.807) is 0 Å². The Morgan fingerprint density at radius 2 is 1.85 bits per heavy atom. The minimum atomic E-state index is -4.34. The monoisotopic (exact) mass is 714 g/mol. The molecule has 1 saturated heterocycles. The number of likely N-dealkylation sites (tertiary alicyclic amines) is 1. The lowest BCUT2D eigenvalue weighted by Crippen LogP contribution is -2.41. The van der Waals surface area contributed by atoms with E-state index < -0.39 is 45.6 Å². The van der Waals surface area contributed by atoms with E-state index in [4.69, 9.17) is 21.1 Å². The van der Waals surface area contributed by atoms with E-state index in [-0.39, 0.29) is 58.6 Å². The molecule has 3 aromatic heterocycles. The minimum absolute atomic E-state index is 0.0665. The Kier molecular flexibility index (Phi) is 10.1. The molecule has 1 aliphatic carbocycles. The number of rotatable bonds is 13. The number of carbonyl (C=O) groups excluding carboxylic acids is 1. The average Bonchev–Trinajstić information content (AvgIpc) is 3.53. The predicted octanol–water partition coefficient (Wildman–Crippen LogP) is 5.34. The van der Waals surface area contributed by atoms with Gasteiger partial charge >= 0.3 is 12.3 Å². The van der Waals surface area contributed by atoms with Crippen molar-refractivity contribution in [1.29, 1.82) is 0 Å². The van der Waals surface area contributed by atoms with Crippen LogP contribution in [-0.4, -0.2) is 81.6 Å². The molecule has 0 bridgehead atoms. The third-order valence-corrected chi connectivity index (χ3v) is 10.0. The third kappa shape index (κ3) is 8.47. The molecule has 2 amide bonds. The smallest absolute Gasteiger partial charge is 0.407 e. The number of aromatic nitrogens is 4. The summed E-state index contributed by atoms with van der Waals surface area (Å²) in [5.74, 6) is -2.01. The molecule has 0 aromatic carbocycles. The van der Waals surface area contributed by atoms with Gasteiger partial charge in [-0.15, -0.1) is 5.10 Å².